The number of rotatable bonds is 14. The summed E-state index contributed by atoms with van der Waals surface area (Å²) >= 11 is 0. The quantitative estimate of drug-likeness (QED) is 0.0731. The minimum atomic E-state index is -0.780. The van der Waals surface area contributed by atoms with E-state index in [-0.39, 0.29) is 60.2 Å². The fourth-order valence-corrected chi connectivity index (χ4v) is 6.80. The number of guanidine groups is 1. The van der Waals surface area contributed by atoms with Crippen LogP contribution in [0, 0.1) is 39.2 Å². The number of carbonyl (C=O) groups excluding carboxylic acids is 2. The van der Waals surface area contributed by atoms with Gasteiger partial charge in [-0.15, -0.1) is 0 Å². The summed E-state index contributed by atoms with van der Waals surface area (Å²) in [6, 6.07) is 0. The summed E-state index contributed by atoms with van der Waals surface area (Å²) in [4.78, 5) is 42.5. The van der Waals surface area contributed by atoms with E-state index in [1.807, 2.05) is 14.1 Å². The van der Waals surface area contributed by atoms with Crippen molar-refractivity contribution >= 4 is 24.8 Å². The van der Waals surface area contributed by atoms with Gasteiger partial charge in [0.25, 0.3) is 5.96 Å². The zero-order chi connectivity index (χ0) is 29.1. The van der Waals surface area contributed by atoms with Crippen molar-refractivity contribution < 1.29 is 23.9 Å². The number of carbonyl (C=O) groups is 2. The molecule has 1 heterocycles. The number of nitro groups is 1. The second kappa shape index (κ2) is 12.5. The molecule has 3 saturated carbocycles. The van der Waals surface area contributed by atoms with Gasteiger partial charge in [-0.1, -0.05) is 33.1 Å². The van der Waals surface area contributed by atoms with Crippen LogP contribution in [-0.2, 0) is 18.9 Å². The summed E-state index contributed by atoms with van der Waals surface area (Å²) in [7, 11) is 3.08. The molecule has 0 radical (unpaired) electrons. The fraction of sp³-hybridized carbons (Fsp3) is 0.885. The van der Waals surface area contributed by atoms with Crippen LogP contribution < -0.4 is 16.5 Å². The van der Waals surface area contributed by atoms with E-state index in [0.29, 0.717) is 37.0 Å². The molecule has 39 heavy (non-hydrogen) atoms. The molecular formula is C26H47BN6O6. The molecule has 1 aliphatic heterocycles. The second-order valence-corrected chi connectivity index (χ2v) is 13.0. The highest BCUT2D eigenvalue weighted by Crippen LogP contribution is 2.65. The molecule has 0 aromatic rings. The van der Waals surface area contributed by atoms with Gasteiger partial charge in [0, 0.05) is 18.9 Å². The summed E-state index contributed by atoms with van der Waals surface area (Å²) < 4.78 is 13.2. The molecule has 4 N–H and O–H groups in total. The van der Waals surface area contributed by atoms with Crippen molar-refractivity contribution in [1.82, 2.24) is 15.6 Å². The maximum Gasteiger partial charge on any atom is 0.481 e. The molecule has 1 saturated heterocycles. The molecule has 0 unspecified atom stereocenters. The average molecular weight is 551 g/mol. The van der Waals surface area contributed by atoms with Crippen molar-refractivity contribution in [3.8, 4) is 0 Å². The molecule has 0 aromatic heterocycles. The lowest BCUT2D eigenvalue weighted by Gasteiger charge is -2.64. The van der Waals surface area contributed by atoms with Crippen LogP contribution in [-0.4, -0.2) is 79.5 Å². The van der Waals surface area contributed by atoms with Gasteiger partial charge in [-0.25, -0.2) is 15.1 Å². The molecule has 12 nitrogen and oxygen atoms in total. The van der Waals surface area contributed by atoms with E-state index in [1.165, 1.54) is 0 Å². The molecule has 220 valence electrons. The number of hydrazine groups is 1. The van der Waals surface area contributed by atoms with Gasteiger partial charge in [-0.3, -0.25) is 9.59 Å². The lowest BCUT2D eigenvalue weighted by Crippen LogP contribution is -2.65. The van der Waals surface area contributed by atoms with Crippen LogP contribution in [0.15, 0.2) is 4.99 Å². The van der Waals surface area contributed by atoms with Crippen LogP contribution in [0.5, 0.6) is 0 Å². The van der Waals surface area contributed by atoms with Gasteiger partial charge in [0.15, 0.2) is 5.03 Å². The van der Waals surface area contributed by atoms with Crippen molar-refractivity contribution in [3.05, 3.63) is 10.1 Å². The van der Waals surface area contributed by atoms with Crippen molar-refractivity contribution in [3.63, 3.8) is 0 Å². The Morgan fingerprint density at radius 3 is 2.54 bits per heavy atom. The summed E-state index contributed by atoms with van der Waals surface area (Å²) in [5.74, 6) is -0.120. The summed E-state index contributed by atoms with van der Waals surface area (Å²) in [6.07, 6.45) is 3.74. The predicted molar refractivity (Wildman–Crippen MR) is 149 cm³/mol. The number of hydrogen-bond acceptors (Lipinski definition) is 8. The topological polar surface area (TPSA) is 161 Å². The van der Waals surface area contributed by atoms with Crippen molar-refractivity contribution in [2.24, 2.45) is 39.8 Å². The Hall–Kier alpha value is -2.25. The van der Waals surface area contributed by atoms with Gasteiger partial charge < -0.3 is 25.3 Å². The van der Waals surface area contributed by atoms with E-state index in [0.717, 1.165) is 12.8 Å². The smallest absolute Gasteiger partial charge is 0.404 e. The third kappa shape index (κ3) is 7.49. The number of amides is 1. The number of ketones is 1. The predicted octanol–water partition coefficient (Wildman–Crippen LogP) is 1.80. The standard InChI is InChI=1S/C26H47BN6O6/c1-16(2)11-22(27-38-21-14-18-13-20(25(18,3)4)26(21,5)39-27)30-23(35)17(12-19(34)15-32(6)7)9-8-10-29-24(28)31-33(36)37/h16-18,20-22H,8-15H2,1-7H3,(H,30,35)(H3,28,29,31)/t17-,18-,20-,21-,22+,26+/m1/s1. The first-order valence-electron chi connectivity index (χ1n) is 14.1. The fourth-order valence-electron chi connectivity index (χ4n) is 6.80. The molecule has 2 bridgehead atoms. The number of Topliss-reactive ketones (excluding diaryl/α,β-unsaturated/α-hetero) is 1. The molecule has 1 amide bonds. The van der Waals surface area contributed by atoms with E-state index in [9.17, 15) is 19.7 Å². The maximum atomic E-state index is 13.6. The van der Waals surface area contributed by atoms with Crippen LogP contribution >= 0.6 is 0 Å². The molecular weight excluding hydrogens is 503 g/mol. The third-order valence-corrected chi connectivity index (χ3v) is 8.89. The van der Waals surface area contributed by atoms with Crippen LogP contribution in [0.25, 0.3) is 0 Å². The van der Waals surface area contributed by atoms with Gasteiger partial charge in [0.1, 0.15) is 5.78 Å². The Balaban J connectivity index is 1.69. The normalized spacial score (nSPS) is 29.0. The monoisotopic (exact) mass is 550 g/mol. The zero-order valence-corrected chi connectivity index (χ0v) is 24.6. The highest BCUT2D eigenvalue weighted by Gasteiger charge is 2.68. The third-order valence-electron chi connectivity index (χ3n) is 8.89. The van der Waals surface area contributed by atoms with Crippen LogP contribution in [0.1, 0.15) is 73.1 Å². The van der Waals surface area contributed by atoms with Crippen molar-refractivity contribution in [2.75, 3.05) is 27.2 Å². The molecule has 4 fully saturated rings. The number of hydrogen-bond donors (Lipinski definition) is 3. The van der Waals surface area contributed by atoms with E-state index >= 15 is 0 Å². The lowest BCUT2D eigenvalue weighted by molar-refractivity contribution is -0.525. The van der Waals surface area contributed by atoms with Crippen LogP contribution in [0.3, 0.4) is 0 Å². The molecule has 13 heteroatoms. The number of nitrogens with one attached hydrogen (secondary N) is 2. The molecule has 6 atom stereocenters. The molecule has 3 aliphatic carbocycles. The second-order valence-electron chi connectivity index (χ2n) is 13.0. The minimum Gasteiger partial charge on any atom is -0.404 e. The van der Waals surface area contributed by atoms with Crippen molar-refractivity contribution in [2.45, 2.75) is 90.8 Å². The van der Waals surface area contributed by atoms with E-state index < -0.39 is 18.1 Å². The van der Waals surface area contributed by atoms with Gasteiger partial charge in [0.05, 0.1) is 24.2 Å². The van der Waals surface area contributed by atoms with Gasteiger partial charge in [-0.2, -0.15) is 0 Å². The van der Waals surface area contributed by atoms with E-state index in [2.05, 4.69) is 44.9 Å². The molecule has 4 rings (SSSR count). The number of nitrogens with two attached hydrogens (primary N) is 1. The Kier molecular flexibility index (Phi) is 10.0. The molecule has 4 aliphatic rings. The highest BCUT2D eigenvalue weighted by atomic mass is 16.7. The number of aliphatic imine (C=N–C) groups is 1. The lowest BCUT2D eigenvalue weighted by atomic mass is 9.43. The van der Waals surface area contributed by atoms with E-state index in [4.69, 9.17) is 15.0 Å². The Morgan fingerprint density at radius 1 is 1.26 bits per heavy atom. The van der Waals surface area contributed by atoms with E-state index in [1.54, 1.807) is 10.3 Å². The highest BCUT2D eigenvalue weighted by molar-refractivity contribution is 6.47. The summed E-state index contributed by atoms with van der Waals surface area (Å²) in [5.41, 5.74) is 7.14. The minimum absolute atomic E-state index is 0.0133. The van der Waals surface area contributed by atoms with Crippen LogP contribution in [0.4, 0.5) is 0 Å². The number of likely N-dealkylation sites (N-methyl/N-ethyl adjacent to an activating group) is 1. The number of nitrogens with zero attached hydrogens (tertiary/aromatic N) is 3. The summed E-state index contributed by atoms with van der Waals surface area (Å²) in [5, 5.41) is 12.9. The maximum absolute atomic E-state index is 13.6. The SMILES string of the molecule is CC(C)C[C@H](NC(=O)[C@H](CCCN=C(N)N[N+](=O)[O-])CC(=O)CN(C)C)B1O[C@@H]2C[C@H]3C[C@H](C3(C)C)[C@]2(C)O1. The first-order chi connectivity index (χ1) is 18.1. The first-order valence-corrected chi connectivity index (χ1v) is 14.1. The van der Waals surface area contributed by atoms with Crippen LogP contribution in [0.2, 0.25) is 0 Å². The van der Waals surface area contributed by atoms with Gasteiger partial charge in [-0.05, 0) is 76.3 Å². The molecule has 0 aromatic carbocycles. The van der Waals surface area contributed by atoms with Crippen molar-refractivity contribution in [1.29, 1.82) is 0 Å². The molecule has 0 spiro atoms. The summed E-state index contributed by atoms with van der Waals surface area (Å²) in [6.45, 7) is 11.4. The Morgan fingerprint density at radius 2 is 1.95 bits per heavy atom. The Bertz CT molecular complexity index is 946. The van der Waals surface area contributed by atoms with Gasteiger partial charge >= 0.3 is 7.12 Å². The Labute approximate surface area is 232 Å². The largest absolute Gasteiger partial charge is 0.481 e. The average Bonchev–Trinajstić information content (AvgIpc) is 3.16. The van der Waals surface area contributed by atoms with Gasteiger partial charge in [0.2, 0.25) is 5.91 Å². The first kappa shape index (κ1) is 31.3. The zero-order valence-electron chi connectivity index (χ0n) is 24.6.